The number of hydrogen-bond acceptors (Lipinski definition) is 3. The second-order valence-electron chi connectivity index (χ2n) is 7.52. The molecule has 1 N–H and O–H groups in total. The zero-order valence-corrected chi connectivity index (χ0v) is 16.8. The Balaban J connectivity index is 1.37. The first kappa shape index (κ1) is 18.1. The van der Waals surface area contributed by atoms with Crippen molar-refractivity contribution < 1.29 is 9.21 Å². The van der Waals surface area contributed by atoms with Crippen LogP contribution in [0.3, 0.4) is 0 Å². The van der Waals surface area contributed by atoms with E-state index in [0.29, 0.717) is 11.5 Å². The Morgan fingerprint density at radius 2 is 1.57 bits per heavy atom. The molecule has 1 amide bonds. The number of anilines is 1. The van der Waals surface area contributed by atoms with Gasteiger partial charge in [-0.15, -0.1) is 0 Å². The van der Waals surface area contributed by atoms with Crippen molar-refractivity contribution in [2.75, 3.05) is 5.32 Å². The number of amides is 1. The number of hydrogen-bond donors (Lipinski definition) is 1. The van der Waals surface area contributed by atoms with Gasteiger partial charge in [0.05, 0.1) is 0 Å². The Hall–Kier alpha value is -3.92. The Kier molecular flexibility index (Phi) is 4.32. The van der Waals surface area contributed by atoms with Crippen LogP contribution in [0.2, 0.25) is 0 Å². The van der Waals surface area contributed by atoms with Crippen molar-refractivity contribution in [1.82, 2.24) is 4.98 Å². The van der Waals surface area contributed by atoms with Crippen LogP contribution in [0, 0.1) is 13.8 Å². The quantitative estimate of drug-likeness (QED) is 0.380. The number of nitrogens with zero attached hydrogens (tertiary/aromatic N) is 1. The number of carbonyl (C=O) groups excluding carboxylic acids is 1. The van der Waals surface area contributed by atoms with Gasteiger partial charge in [0.25, 0.3) is 5.91 Å². The lowest BCUT2D eigenvalue weighted by atomic mass is 10.1. The molecule has 4 nitrogen and oxygen atoms in total. The van der Waals surface area contributed by atoms with Crippen molar-refractivity contribution in [2.45, 2.75) is 13.8 Å². The number of fused-ring (bicyclic) bond motifs is 2. The lowest BCUT2D eigenvalue weighted by molar-refractivity contribution is 0.102. The first-order chi connectivity index (χ1) is 14.6. The second-order valence-corrected chi connectivity index (χ2v) is 7.52. The van der Waals surface area contributed by atoms with Gasteiger partial charge in [0.1, 0.15) is 5.52 Å². The van der Waals surface area contributed by atoms with E-state index in [4.69, 9.17) is 4.42 Å². The maximum atomic E-state index is 12.7. The van der Waals surface area contributed by atoms with Gasteiger partial charge in [-0.2, -0.15) is 0 Å². The highest BCUT2D eigenvalue weighted by molar-refractivity contribution is 6.06. The van der Waals surface area contributed by atoms with Crippen LogP contribution in [0.1, 0.15) is 21.5 Å². The van der Waals surface area contributed by atoms with Gasteiger partial charge in [-0.1, -0.05) is 30.3 Å². The standard InChI is InChI=1S/C26H20N2O2/c1-16-13-23-24(14-17(16)2)30-26(28-23)19-9-11-22(12-10-19)27-25(29)21-8-7-18-5-3-4-6-20(18)15-21/h3-15H,1-2H3,(H,27,29). The van der Waals surface area contributed by atoms with E-state index < -0.39 is 0 Å². The van der Waals surface area contributed by atoms with E-state index in [-0.39, 0.29) is 5.91 Å². The number of aryl methyl sites for hydroxylation is 2. The molecule has 1 heterocycles. The molecule has 30 heavy (non-hydrogen) atoms. The normalized spacial score (nSPS) is 11.1. The molecule has 1 aromatic heterocycles. The molecule has 0 saturated carbocycles. The summed E-state index contributed by atoms with van der Waals surface area (Å²) in [5.41, 5.74) is 6.21. The van der Waals surface area contributed by atoms with Crippen LogP contribution in [0.4, 0.5) is 5.69 Å². The Morgan fingerprint density at radius 1 is 0.833 bits per heavy atom. The van der Waals surface area contributed by atoms with Crippen LogP contribution in [0.15, 0.2) is 83.3 Å². The third-order valence-corrected chi connectivity index (χ3v) is 5.41. The average molecular weight is 392 g/mol. The number of oxazole rings is 1. The molecule has 0 spiro atoms. The van der Waals surface area contributed by atoms with E-state index in [2.05, 4.69) is 24.1 Å². The smallest absolute Gasteiger partial charge is 0.255 e. The molecule has 0 radical (unpaired) electrons. The molecule has 5 rings (SSSR count). The zero-order valence-electron chi connectivity index (χ0n) is 16.8. The summed E-state index contributed by atoms with van der Waals surface area (Å²) in [6.45, 7) is 4.13. The molecule has 4 aromatic carbocycles. The van der Waals surface area contributed by atoms with E-state index in [1.54, 1.807) is 0 Å². The fourth-order valence-corrected chi connectivity index (χ4v) is 3.53. The van der Waals surface area contributed by atoms with Crippen LogP contribution < -0.4 is 5.32 Å². The van der Waals surface area contributed by atoms with E-state index >= 15 is 0 Å². The topological polar surface area (TPSA) is 55.1 Å². The summed E-state index contributed by atoms with van der Waals surface area (Å²) in [5.74, 6) is 0.434. The van der Waals surface area contributed by atoms with Crippen molar-refractivity contribution in [3.05, 3.63) is 95.6 Å². The van der Waals surface area contributed by atoms with Gasteiger partial charge in [0.15, 0.2) is 5.58 Å². The Bertz CT molecular complexity index is 1360. The second kappa shape index (κ2) is 7.16. The largest absolute Gasteiger partial charge is 0.436 e. The van der Waals surface area contributed by atoms with Gasteiger partial charge < -0.3 is 9.73 Å². The molecule has 0 fully saturated rings. The third-order valence-electron chi connectivity index (χ3n) is 5.41. The Labute approximate surface area is 174 Å². The van der Waals surface area contributed by atoms with Gasteiger partial charge in [-0.3, -0.25) is 4.79 Å². The van der Waals surface area contributed by atoms with Gasteiger partial charge >= 0.3 is 0 Å². The zero-order chi connectivity index (χ0) is 20.7. The maximum Gasteiger partial charge on any atom is 0.255 e. The molecule has 146 valence electrons. The van der Waals surface area contributed by atoms with Gasteiger partial charge in [-0.05, 0) is 84.3 Å². The molecular weight excluding hydrogens is 372 g/mol. The van der Waals surface area contributed by atoms with Crippen molar-refractivity contribution in [3.8, 4) is 11.5 Å². The van der Waals surface area contributed by atoms with Crippen molar-refractivity contribution in [1.29, 1.82) is 0 Å². The average Bonchev–Trinajstić information content (AvgIpc) is 3.16. The highest BCUT2D eigenvalue weighted by Gasteiger charge is 2.11. The van der Waals surface area contributed by atoms with Crippen LogP contribution in [-0.4, -0.2) is 10.9 Å². The summed E-state index contributed by atoms with van der Waals surface area (Å²) < 4.78 is 5.92. The minimum Gasteiger partial charge on any atom is -0.436 e. The first-order valence-corrected chi connectivity index (χ1v) is 9.85. The van der Waals surface area contributed by atoms with E-state index in [0.717, 1.165) is 33.1 Å². The van der Waals surface area contributed by atoms with Gasteiger partial charge in [0.2, 0.25) is 5.89 Å². The molecule has 0 saturated heterocycles. The Morgan fingerprint density at radius 3 is 2.37 bits per heavy atom. The monoisotopic (exact) mass is 392 g/mol. The molecule has 0 aliphatic heterocycles. The summed E-state index contributed by atoms with van der Waals surface area (Å²) in [4.78, 5) is 17.2. The van der Waals surface area contributed by atoms with E-state index in [9.17, 15) is 4.79 Å². The molecular formula is C26H20N2O2. The third kappa shape index (κ3) is 3.33. The molecule has 0 aliphatic carbocycles. The highest BCUT2D eigenvalue weighted by atomic mass is 16.3. The summed E-state index contributed by atoms with van der Waals surface area (Å²) in [5, 5.41) is 5.11. The predicted molar refractivity (Wildman–Crippen MR) is 121 cm³/mol. The molecule has 0 aliphatic rings. The maximum absolute atomic E-state index is 12.7. The van der Waals surface area contributed by atoms with Gasteiger partial charge in [-0.25, -0.2) is 4.98 Å². The van der Waals surface area contributed by atoms with Crippen molar-refractivity contribution in [3.63, 3.8) is 0 Å². The summed E-state index contributed by atoms with van der Waals surface area (Å²) in [6, 6.07) is 25.3. The number of carbonyl (C=O) groups is 1. The van der Waals surface area contributed by atoms with Crippen LogP contribution >= 0.6 is 0 Å². The van der Waals surface area contributed by atoms with Gasteiger partial charge in [0, 0.05) is 16.8 Å². The van der Waals surface area contributed by atoms with Crippen LogP contribution in [-0.2, 0) is 0 Å². The fraction of sp³-hybridized carbons (Fsp3) is 0.0769. The predicted octanol–water partition coefficient (Wildman–Crippen LogP) is 6.52. The molecule has 0 unspecified atom stereocenters. The minimum absolute atomic E-state index is 0.138. The number of nitrogens with one attached hydrogen (secondary N) is 1. The first-order valence-electron chi connectivity index (χ1n) is 9.85. The molecule has 5 aromatic rings. The number of aromatic nitrogens is 1. The molecule has 0 bridgehead atoms. The van der Waals surface area contributed by atoms with Crippen LogP contribution in [0.5, 0.6) is 0 Å². The lowest BCUT2D eigenvalue weighted by Gasteiger charge is -2.07. The molecule has 0 atom stereocenters. The minimum atomic E-state index is -0.138. The summed E-state index contributed by atoms with van der Waals surface area (Å²) in [6.07, 6.45) is 0. The summed E-state index contributed by atoms with van der Waals surface area (Å²) in [7, 11) is 0. The lowest BCUT2D eigenvalue weighted by Crippen LogP contribution is -2.11. The van der Waals surface area contributed by atoms with Crippen LogP contribution in [0.25, 0.3) is 33.3 Å². The van der Waals surface area contributed by atoms with E-state index in [1.165, 1.54) is 11.1 Å². The molecule has 4 heteroatoms. The number of benzene rings is 4. The number of rotatable bonds is 3. The fourth-order valence-electron chi connectivity index (χ4n) is 3.53. The van der Waals surface area contributed by atoms with Crippen molar-refractivity contribution >= 4 is 33.5 Å². The van der Waals surface area contributed by atoms with E-state index in [1.807, 2.05) is 78.9 Å². The highest BCUT2D eigenvalue weighted by Crippen LogP contribution is 2.27. The SMILES string of the molecule is Cc1cc2nc(-c3ccc(NC(=O)c4ccc5ccccc5c4)cc3)oc2cc1C. The van der Waals surface area contributed by atoms with Crippen molar-refractivity contribution in [2.24, 2.45) is 0 Å². The summed E-state index contributed by atoms with van der Waals surface area (Å²) >= 11 is 0.